The van der Waals surface area contributed by atoms with Crippen molar-refractivity contribution in [2.45, 2.75) is 85.7 Å². The minimum absolute atomic E-state index is 0.0135. The zero-order valence-electron chi connectivity index (χ0n) is 18.9. The van der Waals surface area contributed by atoms with Gasteiger partial charge in [0.25, 0.3) is 5.91 Å². The van der Waals surface area contributed by atoms with Crippen LogP contribution in [0, 0.1) is 0 Å². The molecule has 1 heterocycles. The fraction of sp³-hybridized carbons (Fsp3) is 0.652. The molecule has 1 amide bonds. The second-order valence-corrected chi connectivity index (χ2v) is 8.67. The van der Waals surface area contributed by atoms with Crippen molar-refractivity contribution in [2.24, 2.45) is 4.99 Å². The Bertz CT molecular complexity index is 671. The predicted molar refractivity (Wildman–Crippen MR) is 123 cm³/mol. The summed E-state index contributed by atoms with van der Waals surface area (Å²) >= 11 is 1.58. The third kappa shape index (κ3) is 6.54. The Hall–Kier alpha value is -1.49. The van der Waals surface area contributed by atoms with Crippen molar-refractivity contribution in [3.8, 4) is 5.75 Å². The number of nitrogens with zero attached hydrogens (tertiary/aromatic N) is 1. The lowest BCUT2D eigenvalue weighted by atomic mass is 9.80. The van der Waals surface area contributed by atoms with Gasteiger partial charge >= 0.3 is 0 Å². The van der Waals surface area contributed by atoms with Crippen molar-refractivity contribution in [1.82, 2.24) is 5.32 Å². The molecule has 1 aromatic carbocycles. The summed E-state index contributed by atoms with van der Waals surface area (Å²) in [5.74, 6) is 2.09. The number of hydrogen-bond acceptors (Lipinski definition) is 4. The van der Waals surface area contributed by atoms with E-state index in [0.717, 1.165) is 30.9 Å². The third-order valence-corrected chi connectivity index (χ3v) is 6.18. The van der Waals surface area contributed by atoms with Crippen LogP contribution in [0.15, 0.2) is 23.2 Å². The van der Waals surface area contributed by atoms with E-state index in [4.69, 9.17) is 4.74 Å². The minimum atomic E-state index is -0.570. The molecule has 1 aromatic rings. The van der Waals surface area contributed by atoms with E-state index in [1.807, 2.05) is 19.9 Å². The van der Waals surface area contributed by atoms with Crippen LogP contribution in [0.3, 0.4) is 0 Å². The molecule has 28 heavy (non-hydrogen) atoms. The molecule has 1 N–H and O–H groups in total. The Morgan fingerprint density at radius 2 is 1.96 bits per heavy atom. The molecule has 2 atom stereocenters. The molecule has 0 saturated heterocycles. The maximum Gasteiger partial charge on any atom is 0.266 e. The number of benzene rings is 1. The molecule has 0 saturated carbocycles. The third-order valence-electron chi connectivity index (χ3n) is 5.29. The van der Waals surface area contributed by atoms with Crippen molar-refractivity contribution in [3.63, 3.8) is 0 Å². The quantitative estimate of drug-likeness (QED) is 0.613. The average molecular weight is 407 g/mol. The Balaban J connectivity index is 0.00000190. The molecule has 1 aliphatic rings. The first-order chi connectivity index (χ1) is 13.3. The molecule has 0 spiro atoms. The predicted octanol–water partition coefficient (Wildman–Crippen LogP) is 5.90. The molecule has 2 unspecified atom stereocenters. The molecule has 0 radical (unpaired) electrons. The van der Waals surface area contributed by atoms with Gasteiger partial charge in [-0.3, -0.25) is 9.79 Å². The highest BCUT2D eigenvalue weighted by Crippen LogP contribution is 2.37. The largest absolute Gasteiger partial charge is 0.481 e. The van der Waals surface area contributed by atoms with Crippen molar-refractivity contribution in [1.29, 1.82) is 0 Å². The smallest absolute Gasteiger partial charge is 0.266 e. The van der Waals surface area contributed by atoms with Crippen LogP contribution in [0.25, 0.3) is 0 Å². The number of ether oxygens (including phenoxy) is 1. The van der Waals surface area contributed by atoms with Gasteiger partial charge in [-0.05, 0) is 42.7 Å². The number of amidine groups is 1. The lowest BCUT2D eigenvalue weighted by Crippen LogP contribution is -2.38. The zero-order valence-corrected chi connectivity index (χ0v) is 19.7. The topological polar surface area (TPSA) is 50.7 Å². The van der Waals surface area contributed by atoms with Gasteiger partial charge in [0.1, 0.15) is 5.75 Å². The molecule has 0 aromatic heterocycles. The maximum absolute atomic E-state index is 12.4. The highest BCUT2D eigenvalue weighted by atomic mass is 32.2. The van der Waals surface area contributed by atoms with Gasteiger partial charge in [-0.15, -0.1) is 0 Å². The number of amides is 1. The molecule has 5 heteroatoms. The van der Waals surface area contributed by atoms with Crippen molar-refractivity contribution < 1.29 is 9.53 Å². The summed E-state index contributed by atoms with van der Waals surface area (Å²) in [5.41, 5.74) is 2.48. The molecule has 1 aliphatic heterocycles. The lowest BCUT2D eigenvalue weighted by molar-refractivity contribution is -0.125. The van der Waals surface area contributed by atoms with E-state index in [0.29, 0.717) is 11.1 Å². The Morgan fingerprint density at radius 3 is 2.50 bits per heavy atom. The highest BCUT2D eigenvalue weighted by Gasteiger charge is 2.26. The van der Waals surface area contributed by atoms with Gasteiger partial charge in [-0.2, -0.15) is 0 Å². The molecular weight excluding hydrogens is 368 g/mol. The second kappa shape index (κ2) is 11.5. The van der Waals surface area contributed by atoms with E-state index in [-0.39, 0.29) is 11.3 Å². The summed E-state index contributed by atoms with van der Waals surface area (Å²) in [6, 6.07) is 6.41. The Morgan fingerprint density at radius 1 is 1.29 bits per heavy atom. The standard InChI is InChI=1S/C21H32N2O2S.C2H6/c1-7-14(3)16-9-10-18(17(13-16)21(5,6)8-2)25-15(4)19(24)23-20-22-11-12-26-20;1-2/h9-10,13-15H,7-8,11-12H2,1-6H3,(H,22,23,24);1-2H3. The second-order valence-electron chi connectivity index (χ2n) is 7.59. The van der Waals surface area contributed by atoms with Crippen LogP contribution >= 0.6 is 11.8 Å². The molecule has 0 fully saturated rings. The zero-order chi connectivity index (χ0) is 21.3. The van der Waals surface area contributed by atoms with Gasteiger partial charge in [0, 0.05) is 11.3 Å². The van der Waals surface area contributed by atoms with E-state index in [1.54, 1.807) is 18.7 Å². The van der Waals surface area contributed by atoms with Gasteiger partial charge in [0.2, 0.25) is 0 Å². The van der Waals surface area contributed by atoms with Crippen LogP contribution in [0.1, 0.15) is 85.3 Å². The molecular formula is C23H38N2O2S. The van der Waals surface area contributed by atoms with Gasteiger partial charge in [0.05, 0.1) is 6.54 Å². The minimum Gasteiger partial charge on any atom is -0.481 e. The van der Waals surface area contributed by atoms with E-state index >= 15 is 0 Å². The number of thioether (sulfide) groups is 1. The van der Waals surface area contributed by atoms with E-state index in [2.05, 4.69) is 57.1 Å². The maximum atomic E-state index is 12.4. The number of hydrogen-bond donors (Lipinski definition) is 1. The van der Waals surface area contributed by atoms with Crippen molar-refractivity contribution in [2.75, 3.05) is 12.3 Å². The Kier molecular flexibility index (Phi) is 10.1. The van der Waals surface area contributed by atoms with Crippen LogP contribution in [-0.4, -0.2) is 29.5 Å². The van der Waals surface area contributed by atoms with Crippen LogP contribution in [0.5, 0.6) is 5.75 Å². The monoisotopic (exact) mass is 406 g/mol. The van der Waals surface area contributed by atoms with E-state index in [9.17, 15) is 4.79 Å². The molecule has 0 bridgehead atoms. The van der Waals surface area contributed by atoms with Gasteiger partial charge in [-0.1, -0.05) is 72.4 Å². The molecule has 2 rings (SSSR count). The Labute approximate surface area is 175 Å². The number of nitrogens with one attached hydrogen (secondary N) is 1. The first kappa shape index (κ1) is 24.5. The van der Waals surface area contributed by atoms with Crippen LogP contribution in [0.4, 0.5) is 0 Å². The number of carbonyl (C=O) groups is 1. The SMILES string of the molecule is CC.CCC(C)c1ccc(OC(C)C(=O)NC2=NCCS2)c(C(C)(C)CC)c1. The van der Waals surface area contributed by atoms with E-state index in [1.165, 1.54) is 11.1 Å². The fourth-order valence-electron chi connectivity index (χ4n) is 2.77. The van der Waals surface area contributed by atoms with E-state index < -0.39 is 6.10 Å². The number of rotatable bonds is 7. The van der Waals surface area contributed by atoms with Crippen LogP contribution in [-0.2, 0) is 10.2 Å². The summed E-state index contributed by atoms with van der Waals surface area (Å²) in [6.07, 6.45) is 1.53. The number of carbonyl (C=O) groups excluding carboxylic acids is 1. The average Bonchev–Trinajstić information content (AvgIpc) is 3.22. The van der Waals surface area contributed by atoms with Gasteiger partial charge < -0.3 is 10.1 Å². The summed E-state index contributed by atoms with van der Waals surface area (Å²) in [5, 5.41) is 3.56. The number of aliphatic imine (C=N–C) groups is 1. The first-order valence-electron chi connectivity index (χ1n) is 10.6. The molecule has 0 aliphatic carbocycles. The van der Waals surface area contributed by atoms with Gasteiger partial charge in [0.15, 0.2) is 11.3 Å². The molecule has 158 valence electrons. The van der Waals surface area contributed by atoms with Crippen LogP contribution in [0.2, 0.25) is 0 Å². The first-order valence-corrected chi connectivity index (χ1v) is 11.6. The molecule has 4 nitrogen and oxygen atoms in total. The normalized spacial score (nSPS) is 15.8. The summed E-state index contributed by atoms with van der Waals surface area (Å²) in [6.45, 7) is 17.6. The van der Waals surface area contributed by atoms with Gasteiger partial charge in [-0.25, -0.2) is 0 Å². The highest BCUT2D eigenvalue weighted by molar-refractivity contribution is 8.14. The summed E-state index contributed by atoms with van der Waals surface area (Å²) < 4.78 is 6.10. The van der Waals surface area contributed by atoms with Crippen molar-refractivity contribution in [3.05, 3.63) is 29.3 Å². The van der Waals surface area contributed by atoms with Crippen molar-refractivity contribution >= 4 is 22.8 Å². The van der Waals surface area contributed by atoms with Crippen LogP contribution < -0.4 is 10.1 Å². The summed E-state index contributed by atoms with van der Waals surface area (Å²) in [4.78, 5) is 16.7. The fourth-order valence-corrected chi connectivity index (χ4v) is 3.50. The summed E-state index contributed by atoms with van der Waals surface area (Å²) in [7, 11) is 0. The lowest BCUT2D eigenvalue weighted by Gasteiger charge is -2.28.